The van der Waals surface area contributed by atoms with Crippen LogP contribution in [-0.2, 0) is 22.7 Å². The first kappa shape index (κ1) is 20.7. The number of nitrogens with zero attached hydrogens (tertiary/aromatic N) is 1. The van der Waals surface area contributed by atoms with Crippen LogP contribution in [0.15, 0.2) is 39.8 Å². The molecule has 28 heavy (non-hydrogen) atoms. The Hall–Kier alpha value is -2.04. The molecule has 1 aromatic heterocycles. The summed E-state index contributed by atoms with van der Waals surface area (Å²) in [6, 6.07) is 7.51. The highest BCUT2D eigenvalue weighted by Crippen LogP contribution is 2.37. The van der Waals surface area contributed by atoms with E-state index in [1.165, 1.54) is 18.2 Å². The van der Waals surface area contributed by atoms with Crippen molar-refractivity contribution in [3.63, 3.8) is 0 Å². The van der Waals surface area contributed by atoms with E-state index in [9.17, 15) is 18.0 Å². The van der Waals surface area contributed by atoms with Gasteiger partial charge in [-0.05, 0) is 35.9 Å². The Morgan fingerprint density at radius 1 is 1.32 bits per heavy atom. The Morgan fingerprint density at radius 3 is 2.93 bits per heavy atom. The molecule has 1 aromatic carbocycles. The van der Waals surface area contributed by atoms with Crippen LogP contribution in [0.3, 0.4) is 0 Å². The average Bonchev–Trinajstić information content (AvgIpc) is 3.30. The summed E-state index contributed by atoms with van der Waals surface area (Å²) in [5, 5.41) is 6.50. The van der Waals surface area contributed by atoms with Crippen LogP contribution in [-0.4, -0.2) is 36.3 Å². The second-order valence-electron chi connectivity index (χ2n) is 6.31. The Kier molecular flexibility index (Phi) is 6.97. The number of amides is 1. The highest BCUT2D eigenvalue weighted by Gasteiger charge is 2.29. The number of hydrogen-bond acceptors (Lipinski definition) is 6. The first-order valence-electron chi connectivity index (χ1n) is 8.63. The molecule has 0 spiro atoms. The van der Waals surface area contributed by atoms with Crippen molar-refractivity contribution in [2.45, 2.75) is 30.0 Å². The maximum atomic E-state index is 12.4. The van der Waals surface area contributed by atoms with E-state index in [2.05, 4.69) is 10.5 Å². The molecule has 1 aliphatic heterocycles. The van der Waals surface area contributed by atoms with Gasteiger partial charge in [0.05, 0.1) is 13.2 Å². The minimum Gasteiger partial charge on any atom is -0.381 e. The molecule has 0 radical (unpaired) electrons. The molecule has 6 nitrogen and oxygen atoms in total. The van der Waals surface area contributed by atoms with Crippen LogP contribution in [0.4, 0.5) is 13.2 Å². The van der Waals surface area contributed by atoms with E-state index in [1.807, 2.05) is 0 Å². The second kappa shape index (κ2) is 9.44. The van der Waals surface area contributed by atoms with Gasteiger partial charge in [0.1, 0.15) is 6.61 Å². The lowest BCUT2D eigenvalue weighted by Crippen LogP contribution is -2.29. The normalized spacial score (nSPS) is 17.0. The fraction of sp³-hybridized carbons (Fsp3) is 0.444. The van der Waals surface area contributed by atoms with Gasteiger partial charge in [-0.25, -0.2) is 0 Å². The number of alkyl halides is 3. The maximum absolute atomic E-state index is 12.4. The summed E-state index contributed by atoms with van der Waals surface area (Å²) in [7, 11) is 0. The van der Waals surface area contributed by atoms with E-state index < -0.39 is 5.51 Å². The molecule has 1 fully saturated rings. The van der Waals surface area contributed by atoms with Gasteiger partial charge in [-0.2, -0.15) is 13.2 Å². The molecule has 0 aliphatic carbocycles. The van der Waals surface area contributed by atoms with Crippen molar-refractivity contribution >= 4 is 17.7 Å². The monoisotopic (exact) mass is 416 g/mol. The molecule has 10 heteroatoms. The number of nitrogens with one attached hydrogen (secondary N) is 1. The van der Waals surface area contributed by atoms with E-state index in [-0.39, 0.29) is 41.5 Å². The highest BCUT2D eigenvalue weighted by molar-refractivity contribution is 8.00. The van der Waals surface area contributed by atoms with E-state index in [1.54, 1.807) is 12.1 Å². The SMILES string of the molecule is O=C(NCC1CCOC1)c1cc(COCc2cccc(SC(F)(F)F)c2)on1. The van der Waals surface area contributed by atoms with Crippen molar-refractivity contribution in [3.8, 4) is 0 Å². The van der Waals surface area contributed by atoms with Crippen LogP contribution in [0.25, 0.3) is 0 Å². The number of hydrogen-bond donors (Lipinski definition) is 1. The lowest BCUT2D eigenvalue weighted by atomic mass is 10.1. The van der Waals surface area contributed by atoms with Crippen molar-refractivity contribution in [3.05, 3.63) is 47.3 Å². The fourth-order valence-corrected chi connectivity index (χ4v) is 3.29. The third-order valence-electron chi connectivity index (χ3n) is 4.01. The smallest absolute Gasteiger partial charge is 0.381 e. The molecular weight excluding hydrogens is 397 g/mol. The molecule has 1 unspecified atom stereocenters. The molecule has 1 amide bonds. The second-order valence-corrected chi connectivity index (χ2v) is 7.44. The Morgan fingerprint density at radius 2 is 2.18 bits per heavy atom. The molecule has 1 saturated heterocycles. The van der Waals surface area contributed by atoms with Gasteiger partial charge in [0.2, 0.25) is 0 Å². The number of ether oxygens (including phenoxy) is 2. The Balaban J connectivity index is 1.44. The van der Waals surface area contributed by atoms with Gasteiger partial charge < -0.3 is 19.3 Å². The molecule has 2 aromatic rings. The predicted molar refractivity (Wildman–Crippen MR) is 94.6 cm³/mol. The summed E-state index contributed by atoms with van der Waals surface area (Å²) in [6.45, 7) is 2.03. The van der Waals surface area contributed by atoms with Gasteiger partial charge in [-0.15, -0.1) is 0 Å². The predicted octanol–water partition coefficient (Wildman–Crippen LogP) is 3.77. The number of aromatic nitrogens is 1. The third-order valence-corrected chi connectivity index (χ3v) is 4.73. The lowest BCUT2D eigenvalue weighted by molar-refractivity contribution is -0.0328. The molecule has 152 valence electrons. The molecule has 2 heterocycles. The third kappa shape index (κ3) is 6.54. The van der Waals surface area contributed by atoms with Crippen molar-refractivity contribution in [1.29, 1.82) is 0 Å². The van der Waals surface area contributed by atoms with Crippen molar-refractivity contribution < 1.29 is 32.0 Å². The van der Waals surface area contributed by atoms with Gasteiger partial charge in [0.15, 0.2) is 11.5 Å². The van der Waals surface area contributed by atoms with Crippen LogP contribution >= 0.6 is 11.8 Å². The Labute approximate surface area is 163 Å². The molecule has 3 rings (SSSR count). The van der Waals surface area contributed by atoms with E-state index in [4.69, 9.17) is 14.0 Å². The first-order chi connectivity index (χ1) is 13.4. The van der Waals surface area contributed by atoms with E-state index in [0.717, 1.165) is 6.42 Å². The average molecular weight is 416 g/mol. The van der Waals surface area contributed by atoms with Crippen molar-refractivity contribution in [1.82, 2.24) is 10.5 Å². The van der Waals surface area contributed by atoms with Crippen molar-refractivity contribution in [2.24, 2.45) is 5.92 Å². The molecular formula is C18H19F3N2O4S. The minimum absolute atomic E-state index is 0.0490. The standard InChI is InChI=1S/C18H19F3N2O4S/c19-18(20,21)28-15-3-1-2-12(6-15)9-26-11-14-7-16(23-27-14)17(24)22-8-13-4-5-25-10-13/h1-3,6-7,13H,4-5,8-11H2,(H,22,24). The van der Waals surface area contributed by atoms with Crippen molar-refractivity contribution in [2.75, 3.05) is 19.8 Å². The first-order valence-corrected chi connectivity index (χ1v) is 9.44. The highest BCUT2D eigenvalue weighted by atomic mass is 32.2. The van der Waals surface area contributed by atoms with Gasteiger partial charge >= 0.3 is 5.51 Å². The largest absolute Gasteiger partial charge is 0.446 e. The maximum Gasteiger partial charge on any atom is 0.446 e. The summed E-state index contributed by atoms with van der Waals surface area (Å²) >= 11 is -0.171. The summed E-state index contributed by atoms with van der Waals surface area (Å²) in [4.78, 5) is 12.1. The summed E-state index contributed by atoms with van der Waals surface area (Å²) in [5.74, 6) is 0.332. The zero-order valence-electron chi connectivity index (χ0n) is 14.8. The van der Waals surface area contributed by atoms with Crippen LogP contribution in [0.2, 0.25) is 0 Å². The lowest BCUT2D eigenvalue weighted by Gasteiger charge is -2.07. The van der Waals surface area contributed by atoms with Gasteiger partial charge in [-0.3, -0.25) is 4.79 Å². The zero-order valence-corrected chi connectivity index (χ0v) is 15.6. The van der Waals surface area contributed by atoms with E-state index >= 15 is 0 Å². The number of rotatable bonds is 8. The van der Waals surface area contributed by atoms with Gasteiger partial charge in [-0.1, -0.05) is 17.3 Å². The minimum atomic E-state index is -4.33. The fourth-order valence-electron chi connectivity index (χ4n) is 2.66. The topological polar surface area (TPSA) is 73.6 Å². The van der Waals surface area contributed by atoms with Crippen LogP contribution in [0, 0.1) is 5.92 Å². The quantitative estimate of drug-likeness (QED) is 0.661. The summed E-state index contributed by atoms with van der Waals surface area (Å²) in [6.07, 6.45) is 0.918. The molecule has 0 saturated carbocycles. The summed E-state index contributed by atoms with van der Waals surface area (Å²) in [5.41, 5.74) is -3.58. The molecule has 1 N–H and O–H groups in total. The van der Waals surface area contributed by atoms with E-state index in [0.29, 0.717) is 37.0 Å². The number of thioether (sulfide) groups is 1. The summed E-state index contributed by atoms with van der Waals surface area (Å²) < 4.78 is 53.1. The Bertz CT molecular complexity index is 791. The zero-order chi connectivity index (χ0) is 20.0. The van der Waals surface area contributed by atoms with Crippen LogP contribution in [0.1, 0.15) is 28.2 Å². The van der Waals surface area contributed by atoms with Gasteiger partial charge in [0, 0.05) is 30.0 Å². The number of halogens is 3. The number of carbonyl (C=O) groups excluding carboxylic acids is 1. The van der Waals surface area contributed by atoms with Crippen LogP contribution < -0.4 is 5.32 Å². The molecule has 1 atom stereocenters. The number of carbonyl (C=O) groups is 1. The number of benzene rings is 1. The van der Waals surface area contributed by atoms with Crippen LogP contribution in [0.5, 0.6) is 0 Å². The van der Waals surface area contributed by atoms with Gasteiger partial charge in [0.25, 0.3) is 5.91 Å². The molecule has 0 bridgehead atoms. The molecule has 1 aliphatic rings.